The molecule has 0 spiro atoms. The predicted molar refractivity (Wildman–Crippen MR) is 65.7 cm³/mol. The summed E-state index contributed by atoms with van der Waals surface area (Å²) in [5.41, 5.74) is 2.43. The van der Waals surface area contributed by atoms with Crippen molar-refractivity contribution < 1.29 is 5.11 Å². The quantitative estimate of drug-likeness (QED) is 0.792. The topological polar surface area (TPSA) is 20.2 Å². The molecule has 1 nitrogen and oxygen atoms in total. The summed E-state index contributed by atoms with van der Waals surface area (Å²) in [6, 6.07) is 3.69. The normalized spacial score (nSPS) is 10.6. The number of hydrogen-bond donors (Lipinski definition) is 1. The molecule has 0 aliphatic heterocycles. The molecule has 0 aliphatic rings. The second-order valence-electron chi connectivity index (χ2n) is 3.89. The molecule has 1 N–H and O–H groups in total. The molecule has 0 radical (unpaired) electrons. The summed E-state index contributed by atoms with van der Waals surface area (Å²) in [5.74, 6) is 0.211. The summed E-state index contributed by atoms with van der Waals surface area (Å²) in [6.45, 7) is 4.32. The second kappa shape index (κ2) is 6.02. The molecule has 1 rings (SSSR count). The summed E-state index contributed by atoms with van der Waals surface area (Å²) < 4.78 is 0. The molecule has 0 aliphatic carbocycles. The van der Waals surface area contributed by atoms with E-state index in [0.29, 0.717) is 5.02 Å². The molecule has 0 amide bonds. The van der Waals surface area contributed by atoms with Gasteiger partial charge in [-0.15, -0.1) is 0 Å². The Kier molecular flexibility index (Phi) is 4.97. The zero-order valence-electron chi connectivity index (χ0n) is 9.52. The van der Waals surface area contributed by atoms with E-state index < -0.39 is 0 Å². The van der Waals surface area contributed by atoms with Crippen LogP contribution >= 0.6 is 11.6 Å². The summed E-state index contributed by atoms with van der Waals surface area (Å²) in [5, 5.41) is 10.1. The number of halogens is 1. The summed E-state index contributed by atoms with van der Waals surface area (Å²) in [7, 11) is 0. The highest BCUT2D eigenvalue weighted by atomic mass is 35.5. The van der Waals surface area contributed by atoms with E-state index in [4.69, 9.17) is 11.6 Å². The Morgan fingerprint density at radius 1 is 1.13 bits per heavy atom. The van der Waals surface area contributed by atoms with E-state index >= 15 is 0 Å². The van der Waals surface area contributed by atoms with Crippen LogP contribution in [0.1, 0.15) is 44.2 Å². The highest BCUT2D eigenvalue weighted by Gasteiger charge is 2.10. The van der Waals surface area contributed by atoms with Gasteiger partial charge < -0.3 is 5.11 Å². The first kappa shape index (κ1) is 12.4. The van der Waals surface area contributed by atoms with Gasteiger partial charge in [0.1, 0.15) is 5.75 Å². The van der Waals surface area contributed by atoms with E-state index in [1.807, 2.05) is 6.07 Å². The third kappa shape index (κ3) is 3.13. The van der Waals surface area contributed by atoms with Crippen LogP contribution < -0.4 is 0 Å². The van der Waals surface area contributed by atoms with Crippen molar-refractivity contribution in [1.82, 2.24) is 0 Å². The van der Waals surface area contributed by atoms with Crippen molar-refractivity contribution >= 4 is 11.6 Å². The SMILES string of the molecule is CCCCc1c(CCC)ccc(O)c1Cl. The predicted octanol–water partition coefficient (Wildman–Crippen LogP) is 4.34. The highest BCUT2D eigenvalue weighted by Crippen LogP contribution is 2.31. The van der Waals surface area contributed by atoms with Crippen LogP contribution in [-0.4, -0.2) is 5.11 Å². The van der Waals surface area contributed by atoms with Crippen molar-refractivity contribution in [3.63, 3.8) is 0 Å². The maximum absolute atomic E-state index is 9.56. The minimum atomic E-state index is 0.211. The Morgan fingerprint density at radius 2 is 1.87 bits per heavy atom. The fourth-order valence-electron chi connectivity index (χ4n) is 1.78. The lowest BCUT2D eigenvalue weighted by atomic mass is 9.98. The van der Waals surface area contributed by atoms with E-state index in [9.17, 15) is 5.11 Å². The van der Waals surface area contributed by atoms with Gasteiger partial charge in [-0.1, -0.05) is 44.4 Å². The number of rotatable bonds is 5. The van der Waals surface area contributed by atoms with Crippen LogP contribution in [0.15, 0.2) is 12.1 Å². The highest BCUT2D eigenvalue weighted by molar-refractivity contribution is 6.32. The molecule has 1 aromatic rings. The first-order valence-corrected chi connectivity index (χ1v) is 6.07. The smallest absolute Gasteiger partial charge is 0.134 e. The van der Waals surface area contributed by atoms with Gasteiger partial charge in [0.05, 0.1) is 5.02 Å². The van der Waals surface area contributed by atoms with Crippen LogP contribution in [0.2, 0.25) is 5.02 Å². The third-order valence-corrected chi connectivity index (χ3v) is 3.04. The number of unbranched alkanes of at least 4 members (excludes halogenated alkanes) is 1. The van der Waals surface area contributed by atoms with Gasteiger partial charge in [0, 0.05) is 0 Å². The molecule has 0 bridgehead atoms. The third-order valence-electron chi connectivity index (χ3n) is 2.62. The molecule has 0 saturated heterocycles. The molecule has 0 heterocycles. The number of benzene rings is 1. The number of aromatic hydroxyl groups is 1. The number of hydrogen-bond acceptors (Lipinski definition) is 1. The zero-order valence-corrected chi connectivity index (χ0v) is 10.3. The zero-order chi connectivity index (χ0) is 11.3. The number of aryl methyl sites for hydroxylation is 1. The van der Waals surface area contributed by atoms with Gasteiger partial charge in [-0.25, -0.2) is 0 Å². The largest absolute Gasteiger partial charge is 0.506 e. The molecule has 0 unspecified atom stereocenters. The van der Waals surface area contributed by atoms with Crippen molar-refractivity contribution in [3.05, 3.63) is 28.3 Å². The van der Waals surface area contributed by atoms with Crippen LogP contribution in [0.4, 0.5) is 0 Å². The molecule has 15 heavy (non-hydrogen) atoms. The van der Waals surface area contributed by atoms with Gasteiger partial charge in [-0.2, -0.15) is 0 Å². The van der Waals surface area contributed by atoms with E-state index in [1.54, 1.807) is 6.07 Å². The molecule has 0 atom stereocenters. The van der Waals surface area contributed by atoms with Gasteiger partial charge in [0.25, 0.3) is 0 Å². The molecular weight excluding hydrogens is 208 g/mol. The molecular formula is C13H19ClO. The summed E-state index contributed by atoms with van der Waals surface area (Å²) in [4.78, 5) is 0. The van der Waals surface area contributed by atoms with Crippen molar-refractivity contribution in [2.24, 2.45) is 0 Å². The number of phenols is 1. The average molecular weight is 227 g/mol. The standard InChI is InChI=1S/C13H19ClO/c1-3-5-7-11-10(6-4-2)8-9-12(15)13(11)14/h8-9,15H,3-7H2,1-2H3. The van der Waals surface area contributed by atoms with Crippen molar-refractivity contribution in [2.75, 3.05) is 0 Å². The summed E-state index contributed by atoms with van der Waals surface area (Å²) >= 11 is 6.12. The Bertz CT molecular complexity index is 321. The maximum Gasteiger partial charge on any atom is 0.134 e. The first-order valence-electron chi connectivity index (χ1n) is 5.69. The van der Waals surface area contributed by atoms with E-state index in [2.05, 4.69) is 13.8 Å². The van der Waals surface area contributed by atoms with Crippen LogP contribution in [0.5, 0.6) is 5.75 Å². The fraction of sp³-hybridized carbons (Fsp3) is 0.538. The van der Waals surface area contributed by atoms with Crippen molar-refractivity contribution in [2.45, 2.75) is 46.0 Å². The van der Waals surface area contributed by atoms with Crippen LogP contribution in [0.25, 0.3) is 0 Å². The van der Waals surface area contributed by atoms with Crippen LogP contribution in [0.3, 0.4) is 0 Å². The fourth-order valence-corrected chi connectivity index (χ4v) is 2.06. The molecule has 0 aromatic heterocycles. The summed E-state index contributed by atoms with van der Waals surface area (Å²) in [6.07, 6.45) is 5.40. The van der Waals surface area contributed by atoms with Crippen LogP contribution in [0, 0.1) is 0 Å². The monoisotopic (exact) mass is 226 g/mol. The van der Waals surface area contributed by atoms with E-state index in [-0.39, 0.29) is 5.75 Å². The van der Waals surface area contributed by atoms with Crippen molar-refractivity contribution in [1.29, 1.82) is 0 Å². The lowest BCUT2D eigenvalue weighted by Gasteiger charge is -2.11. The van der Waals surface area contributed by atoms with Gasteiger partial charge in [-0.05, 0) is 36.5 Å². The van der Waals surface area contributed by atoms with Gasteiger partial charge in [0.2, 0.25) is 0 Å². The Balaban J connectivity index is 2.99. The maximum atomic E-state index is 9.56. The molecule has 2 heteroatoms. The second-order valence-corrected chi connectivity index (χ2v) is 4.27. The Hall–Kier alpha value is -0.690. The van der Waals surface area contributed by atoms with E-state index in [1.165, 1.54) is 5.56 Å². The van der Waals surface area contributed by atoms with Gasteiger partial charge in [-0.3, -0.25) is 0 Å². The molecule has 0 saturated carbocycles. The van der Waals surface area contributed by atoms with Gasteiger partial charge >= 0.3 is 0 Å². The lowest BCUT2D eigenvalue weighted by Crippen LogP contribution is -1.95. The van der Waals surface area contributed by atoms with Crippen LogP contribution in [-0.2, 0) is 12.8 Å². The average Bonchev–Trinajstić information content (AvgIpc) is 2.23. The van der Waals surface area contributed by atoms with Crippen molar-refractivity contribution in [3.8, 4) is 5.75 Å². The van der Waals surface area contributed by atoms with Gasteiger partial charge in [0.15, 0.2) is 0 Å². The first-order chi connectivity index (χ1) is 7.20. The van der Waals surface area contributed by atoms with E-state index in [0.717, 1.165) is 37.7 Å². The minimum Gasteiger partial charge on any atom is -0.506 e. The molecule has 84 valence electrons. The minimum absolute atomic E-state index is 0.211. The Morgan fingerprint density at radius 3 is 2.47 bits per heavy atom. The molecule has 1 aromatic carbocycles. The molecule has 0 fully saturated rings. The lowest BCUT2D eigenvalue weighted by molar-refractivity contribution is 0.474. The Labute approximate surface area is 97.1 Å². The number of phenolic OH excluding ortho intramolecular Hbond substituents is 1.